The molecule has 3 heterocycles. The number of aromatic nitrogens is 2. The smallest absolute Gasteiger partial charge is 0.412 e. The molecular weight excluding hydrogens is 506 g/mol. The molecule has 36 heavy (non-hydrogen) atoms. The Balaban J connectivity index is 0.000000693. The number of anilines is 2. The number of imidazole rings is 1. The summed E-state index contributed by atoms with van der Waals surface area (Å²) in [6.45, 7) is 8.77. The van der Waals surface area contributed by atoms with Crippen LogP contribution in [0.5, 0.6) is 5.75 Å². The zero-order chi connectivity index (χ0) is 27.1. The van der Waals surface area contributed by atoms with Crippen LogP contribution in [0.2, 0.25) is 0 Å². The first-order chi connectivity index (χ1) is 16.9. The number of carbonyl (C=O) groups is 2. The van der Waals surface area contributed by atoms with Gasteiger partial charge in [0.1, 0.15) is 24.2 Å². The molecule has 198 valence electrons. The maximum Gasteiger partial charge on any atom is 0.412 e. The monoisotopic (exact) mass is 539 g/mol. The first kappa shape index (κ1) is 29.1. The van der Waals surface area contributed by atoms with E-state index in [1.165, 1.54) is 22.6 Å². The zero-order valence-corrected chi connectivity index (χ0v) is 23.1. The van der Waals surface area contributed by atoms with Crippen LogP contribution in [0.15, 0.2) is 34.8 Å². The van der Waals surface area contributed by atoms with E-state index >= 15 is 0 Å². The van der Waals surface area contributed by atoms with Crippen molar-refractivity contribution in [1.29, 1.82) is 0 Å². The SMILES string of the molecule is CC=O.CNC.Cc1nc2sccn2c1S(=O)(=O)N1CCOc2ccc(NC(=O)OC(C)(C)C)cc21. The molecule has 0 fully saturated rings. The van der Waals surface area contributed by atoms with Crippen LogP contribution >= 0.6 is 11.3 Å². The van der Waals surface area contributed by atoms with E-state index in [-0.39, 0.29) is 18.2 Å². The first-order valence-electron chi connectivity index (χ1n) is 11.1. The molecule has 11 nitrogen and oxygen atoms in total. The van der Waals surface area contributed by atoms with Gasteiger partial charge in [0.15, 0.2) is 9.99 Å². The molecule has 0 spiro atoms. The van der Waals surface area contributed by atoms with Gasteiger partial charge in [-0.05, 0) is 66.9 Å². The van der Waals surface area contributed by atoms with Crippen LogP contribution in [0.4, 0.5) is 16.2 Å². The Labute approximate surface area is 215 Å². The highest BCUT2D eigenvalue weighted by Gasteiger charge is 2.34. The number of aldehydes is 1. The largest absolute Gasteiger partial charge is 0.489 e. The van der Waals surface area contributed by atoms with Crippen LogP contribution < -0.4 is 19.7 Å². The number of aryl methyl sites for hydroxylation is 1. The van der Waals surface area contributed by atoms with Crippen LogP contribution in [0.3, 0.4) is 0 Å². The second-order valence-corrected chi connectivity index (χ2v) is 11.2. The van der Waals surface area contributed by atoms with Gasteiger partial charge >= 0.3 is 6.09 Å². The summed E-state index contributed by atoms with van der Waals surface area (Å²) in [5, 5.41) is 7.30. The van der Waals surface area contributed by atoms with Crippen molar-refractivity contribution in [2.45, 2.75) is 45.2 Å². The molecule has 1 aromatic carbocycles. The molecule has 0 radical (unpaired) electrons. The third-order valence-electron chi connectivity index (χ3n) is 4.34. The Kier molecular flexibility index (Phi) is 9.85. The van der Waals surface area contributed by atoms with Gasteiger partial charge < -0.3 is 19.6 Å². The van der Waals surface area contributed by atoms with Crippen LogP contribution in [0.25, 0.3) is 4.96 Å². The number of nitrogens with one attached hydrogen (secondary N) is 2. The minimum Gasteiger partial charge on any atom is -0.489 e. The van der Waals surface area contributed by atoms with Crippen molar-refractivity contribution in [2.24, 2.45) is 0 Å². The quantitative estimate of drug-likeness (QED) is 0.482. The van der Waals surface area contributed by atoms with Crippen molar-refractivity contribution in [1.82, 2.24) is 14.7 Å². The van der Waals surface area contributed by atoms with Gasteiger partial charge in [0, 0.05) is 17.3 Å². The molecule has 4 rings (SSSR count). The molecule has 0 aliphatic carbocycles. The van der Waals surface area contributed by atoms with E-state index in [1.807, 2.05) is 14.1 Å². The molecule has 0 saturated heterocycles. The lowest BCUT2D eigenvalue weighted by Crippen LogP contribution is -2.38. The molecule has 0 saturated carbocycles. The zero-order valence-electron chi connectivity index (χ0n) is 21.5. The number of hydrogen-bond donors (Lipinski definition) is 2. The van der Waals surface area contributed by atoms with Gasteiger partial charge in [-0.3, -0.25) is 14.0 Å². The van der Waals surface area contributed by atoms with E-state index in [2.05, 4.69) is 15.6 Å². The predicted octanol–water partition coefficient (Wildman–Crippen LogP) is 3.68. The number of rotatable bonds is 3. The summed E-state index contributed by atoms with van der Waals surface area (Å²) < 4.78 is 40.9. The summed E-state index contributed by atoms with van der Waals surface area (Å²) in [5.41, 5.74) is 0.527. The van der Waals surface area contributed by atoms with Crippen LogP contribution in [-0.4, -0.2) is 63.0 Å². The van der Waals surface area contributed by atoms with Gasteiger partial charge in [-0.2, -0.15) is 8.42 Å². The van der Waals surface area contributed by atoms with Crippen molar-refractivity contribution < 1.29 is 27.5 Å². The van der Waals surface area contributed by atoms with Crippen LogP contribution in [0.1, 0.15) is 33.4 Å². The average Bonchev–Trinajstić information content (AvgIpc) is 3.32. The van der Waals surface area contributed by atoms with E-state index < -0.39 is 21.7 Å². The molecule has 13 heteroatoms. The van der Waals surface area contributed by atoms with E-state index in [4.69, 9.17) is 14.3 Å². The third kappa shape index (κ3) is 6.95. The highest BCUT2D eigenvalue weighted by molar-refractivity contribution is 7.92. The second-order valence-electron chi connectivity index (χ2n) is 8.53. The van der Waals surface area contributed by atoms with Crippen molar-refractivity contribution in [3.05, 3.63) is 35.5 Å². The summed E-state index contributed by atoms with van der Waals surface area (Å²) in [4.78, 5) is 25.9. The summed E-state index contributed by atoms with van der Waals surface area (Å²) >= 11 is 1.37. The first-order valence-corrected chi connectivity index (χ1v) is 13.4. The second kappa shape index (κ2) is 12.2. The molecular formula is C23H33N5O6S2. The number of hydrogen-bond acceptors (Lipinski definition) is 9. The van der Waals surface area contributed by atoms with Crippen LogP contribution in [-0.2, 0) is 19.6 Å². The number of sulfonamides is 1. The van der Waals surface area contributed by atoms with Crippen molar-refractivity contribution in [3.63, 3.8) is 0 Å². The van der Waals surface area contributed by atoms with E-state index in [0.717, 1.165) is 6.29 Å². The summed E-state index contributed by atoms with van der Waals surface area (Å²) in [7, 11) is -0.167. The molecule has 0 unspecified atom stereocenters. The molecule has 1 amide bonds. The highest BCUT2D eigenvalue weighted by atomic mass is 32.2. The van der Waals surface area contributed by atoms with Crippen molar-refractivity contribution >= 4 is 50.1 Å². The number of ether oxygens (including phenoxy) is 2. The summed E-state index contributed by atoms with van der Waals surface area (Å²) in [6.07, 6.45) is 1.81. The fraction of sp³-hybridized carbons (Fsp3) is 0.435. The molecule has 0 atom stereocenters. The van der Waals surface area contributed by atoms with Gasteiger partial charge in [-0.1, -0.05) is 0 Å². The number of fused-ring (bicyclic) bond motifs is 2. The van der Waals surface area contributed by atoms with Crippen molar-refractivity contribution in [2.75, 3.05) is 36.9 Å². The Hall–Kier alpha value is -3.16. The number of nitrogens with zero attached hydrogens (tertiary/aromatic N) is 3. The molecule has 1 aliphatic rings. The fourth-order valence-corrected chi connectivity index (χ4v) is 5.79. The van der Waals surface area contributed by atoms with Gasteiger partial charge in [-0.25, -0.2) is 9.78 Å². The minimum atomic E-state index is -3.92. The lowest BCUT2D eigenvalue weighted by molar-refractivity contribution is -0.106. The standard InChI is InChI=1S/C19H22N4O5S2.C2H7N.C2H4O/c1-12-16(22-8-10-29-17(22)20-12)30(25,26)23-7-9-27-15-6-5-13(11-14(15)23)21-18(24)28-19(2,3)4;1-3-2;1-2-3/h5-6,8,10-11H,7,9H2,1-4H3,(H,21,24);3H,1-2H3;2H,1H3. The third-order valence-corrected chi connectivity index (χ3v) is 7.04. The number of carbonyl (C=O) groups excluding carboxylic acids is 2. The summed E-state index contributed by atoms with van der Waals surface area (Å²) in [6, 6.07) is 4.84. The van der Waals surface area contributed by atoms with Crippen molar-refractivity contribution in [3.8, 4) is 5.75 Å². The van der Waals surface area contributed by atoms with Gasteiger partial charge in [-0.15, -0.1) is 11.3 Å². The minimum absolute atomic E-state index is 0.122. The van der Waals surface area contributed by atoms with E-state index in [0.29, 0.717) is 27.8 Å². The highest BCUT2D eigenvalue weighted by Crippen LogP contribution is 2.38. The maximum absolute atomic E-state index is 13.6. The van der Waals surface area contributed by atoms with E-state index in [1.54, 1.807) is 61.9 Å². The Morgan fingerprint density at radius 1 is 1.28 bits per heavy atom. The molecule has 0 bridgehead atoms. The molecule has 1 aliphatic heterocycles. The van der Waals surface area contributed by atoms with Gasteiger partial charge in [0.2, 0.25) is 0 Å². The Morgan fingerprint density at radius 2 is 1.92 bits per heavy atom. The lowest BCUT2D eigenvalue weighted by Gasteiger charge is -2.30. The topological polar surface area (TPSA) is 131 Å². The normalized spacial score (nSPS) is 12.8. The predicted molar refractivity (Wildman–Crippen MR) is 141 cm³/mol. The Morgan fingerprint density at radius 3 is 2.53 bits per heavy atom. The average molecular weight is 540 g/mol. The Bertz CT molecular complexity index is 1290. The number of thiazole rings is 1. The maximum atomic E-state index is 13.6. The lowest BCUT2D eigenvalue weighted by atomic mass is 10.2. The molecule has 2 aromatic heterocycles. The van der Waals surface area contributed by atoms with E-state index in [9.17, 15) is 13.2 Å². The van der Waals surface area contributed by atoms with Crippen LogP contribution in [0, 0.1) is 6.92 Å². The van der Waals surface area contributed by atoms with Gasteiger partial charge in [0.05, 0.1) is 17.9 Å². The molecule has 2 N–H and O–H groups in total. The number of amides is 1. The number of benzene rings is 1. The fourth-order valence-electron chi connectivity index (χ4n) is 3.23. The summed E-state index contributed by atoms with van der Waals surface area (Å²) in [5.74, 6) is 0.420. The molecule has 3 aromatic rings. The van der Waals surface area contributed by atoms with Gasteiger partial charge in [0.25, 0.3) is 10.0 Å².